The van der Waals surface area contributed by atoms with E-state index in [1.807, 2.05) is 27.7 Å². The Morgan fingerprint density at radius 1 is 1.16 bits per heavy atom. The lowest BCUT2D eigenvalue weighted by atomic mass is 9.43. The minimum absolute atomic E-state index is 0.0854. The molecule has 0 heterocycles. The van der Waals surface area contributed by atoms with Gasteiger partial charge in [-0.3, -0.25) is 4.79 Å². The van der Waals surface area contributed by atoms with Crippen molar-refractivity contribution in [1.82, 2.24) is 0 Å². The Hall–Kier alpha value is -0.740. The van der Waals surface area contributed by atoms with E-state index in [-0.39, 0.29) is 23.5 Å². The van der Waals surface area contributed by atoms with Crippen molar-refractivity contribution in [2.24, 2.45) is 28.6 Å². The second-order valence-corrected chi connectivity index (χ2v) is 9.98. The van der Waals surface area contributed by atoms with Gasteiger partial charge in [0.25, 0.3) is 0 Å². The Labute approximate surface area is 149 Å². The molecule has 0 unspecified atom stereocenters. The van der Waals surface area contributed by atoms with E-state index in [0.29, 0.717) is 25.7 Å². The lowest BCUT2D eigenvalue weighted by Gasteiger charge is -2.63. The zero-order valence-corrected chi connectivity index (χ0v) is 15.8. The summed E-state index contributed by atoms with van der Waals surface area (Å²) in [7, 11) is 0. The molecular formula is C21H31FO3. The van der Waals surface area contributed by atoms with Gasteiger partial charge in [-0.05, 0) is 57.4 Å². The molecule has 0 radical (unpaired) electrons. The maximum absolute atomic E-state index is 16.8. The first-order chi connectivity index (χ1) is 11.5. The number of aliphatic hydroxyl groups is 2. The largest absolute Gasteiger partial charge is 0.390 e. The summed E-state index contributed by atoms with van der Waals surface area (Å²) < 4.78 is 16.8. The molecule has 0 aromatic carbocycles. The Balaban J connectivity index is 1.83. The minimum Gasteiger partial charge on any atom is -0.390 e. The fourth-order valence-corrected chi connectivity index (χ4v) is 7.11. The van der Waals surface area contributed by atoms with E-state index in [2.05, 4.69) is 0 Å². The number of aliphatic hydroxyl groups excluding tert-OH is 1. The topological polar surface area (TPSA) is 57.5 Å². The molecule has 0 saturated heterocycles. The summed E-state index contributed by atoms with van der Waals surface area (Å²) in [6, 6.07) is 0. The van der Waals surface area contributed by atoms with Crippen molar-refractivity contribution in [3.63, 3.8) is 0 Å². The van der Waals surface area contributed by atoms with E-state index >= 15 is 4.39 Å². The summed E-state index contributed by atoms with van der Waals surface area (Å²) in [5.41, 5.74) is -2.90. The maximum atomic E-state index is 16.8. The molecule has 25 heavy (non-hydrogen) atoms. The van der Waals surface area contributed by atoms with Crippen molar-refractivity contribution in [3.05, 3.63) is 11.6 Å². The predicted molar refractivity (Wildman–Crippen MR) is 93.6 cm³/mol. The number of fused-ring (bicyclic) bond motifs is 5. The summed E-state index contributed by atoms with van der Waals surface area (Å²) in [6.45, 7) is 7.68. The van der Waals surface area contributed by atoms with Crippen molar-refractivity contribution < 1.29 is 19.4 Å². The van der Waals surface area contributed by atoms with Crippen LogP contribution in [-0.4, -0.2) is 33.4 Å². The Kier molecular flexibility index (Phi) is 3.50. The fourth-order valence-electron chi connectivity index (χ4n) is 7.11. The van der Waals surface area contributed by atoms with Crippen LogP contribution in [0.2, 0.25) is 0 Å². The van der Waals surface area contributed by atoms with Crippen molar-refractivity contribution in [3.8, 4) is 0 Å². The Bertz CT molecular complexity index is 656. The van der Waals surface area contributed by atoms with Crippen LogP contribution >= 0.6 is 0 Å². The summed E-state index contributed by atoms with van der Waals surface area (Å²) >= 11 is 0. The molecule has 140 valence electrons. The summed E-state index contributed by atoms with van der Waals surface area (Å²) in [4.78, 5) is 12.2. The molecule has 2 N–H and O–H groups in total. The molecule has 4 aliphatic carbocycles. The standard InChI is InChI=1S/C21H31FO3/c1-12-10-18(2)13(9-16(12)23)5-6-15-14-7-8-20(4,25)19(14,3)11-17(24)21(15,18)22/h9,12,14-15,17,24-25H,5-8,10-11H2,1-4H3/t12-,14-,15-,17+,18-,19-,20+,21-/m0/s1. The van der Waals surface area contributed by atoms with Crippen LogP contribution in [0.1, 0.15) is 66.2 Å². The Morgan fingerprint density at radius 2 is 1.84 bits per heavy atom. The van der Waals surface area contributed by atoms with Gasteiger partial charge in [0, 0.05) is 22.7 Å². The second kappa shape index (κ2) is 4.95. The van der Waals surface area contributed by atoms with Crippen molar-refractivity contribution in [2.45, 2.75) is 83.6 Å². The van der Waals surface area contributed by atoms with Crippen molar-refractivity contribution >= 4 is 5.78 Å². The molecule has 0 bridgehead atoms. The van der Waals surface area contributed by atoms with Gasteiger partial charge < -0.3 is 10.2 Å². The minimum atomic E-state index is -1.71. The number of ketones is 1. The van der Waals surface area contributed by atoms with Gasteiger partial charge in [0.1, 0.15) is 5.67 Å². The van der Waals surface area contributed by atoms with Gasteiger partial charge >= 0.3 is 0 Å². The average Bonchev–Trinajstić information content (AvgIpc) is 2.74. The monoisotopic (exact) mass is 350 g/mol. The van der Waals surface area contributed by atoms with Crippen LogP contribution in [0.4, 0.5) is 4.39 Å². The van der Waals surface area contributed by atoms with Crippen LogP contribution in [0, 0.1) is 28.6 Å². The maximum Gasteiger partial charge on any atom is 0.158 e. The highest BCUT2D eigenvalue weighted by atomic mass is 19.1. The van der Waals surface area contributed by atoms with Crippen LogP contribution in [0.3, 0.4) is 0 Å². The molecule has 3 saturated carbocycles. The molecule has 0 amide bonds. The van der Waals surface area contributed by atoms with Gasteiger partial charge in [-0.2, -0.15) is 0 Å². The zero-order chi connectivity index (χ0) is 18.4. The normalized spacial score (nSPS) is 58.2. The average molecular weight is 350 g/mol. The number of rotatable bonds is 0. The molecular weight excluding hydrogens is 319 g/mol. The molecule has 4 aliphatic rings. The molecule has 8 atom stereocenters. The molecule has 0 spiro atoms. The van der Waals surface area contributed by atoms with E-state index in [1.54, 1.807) is 6.08 Å². The highest BCUT2D eigenvalue weighted by molar-refractivity contribution is 5.93. The Morgan fingerprint density at radius 3 is 2.52 bits per heavy atom. The number of carbonyl (C=O) groups excluding carboxylic acids is 1. The first-order valence-electron chi connectivity index (χ1n) is 9.81. The number of hydrogen-bond acceptors (Lipinski definition) is 3. The van der Waals surface area contributed by atoms with Crippen molar-refractivity contribution in [1.29, 1.82) is 0 Å². The highest BCUT2D eigenvalue weighted by Crippen LogP contribution is 2.70. The van der Waals surface area contributed by atoms with E-state index < -0.39 is 28.2 Å². The van der Waals surface area contributed by atoms with Crippen LogP contribution in [0.25, 0.3) is 0 Å². The molecule has 0 aromatic rings. The van der Waals surface area contributed by atoms with E-state index in [1.165, 1.54) is 0 Å². The van der Waals surface area contributed by atoms with Crippen LogP contribution < -0.4 is 0 Å². The van der Waals surface area contributed by atoms with E-state index in [4.69, 9.17) is 0 Å². The molecule has 3 fully saturated rings. The van der Waals surface area contributed by atoms with Crippen LogP contribution in [0.5, 0.6) is 0 Å². The first kappa shape index (κ1) is 17.7. The fraction of sp³-hybridized carbons (Fsp3) is 0.857. The lowest BCUT2D eigenvalue weighted by molar-refractivity contribution is -0.226. The predicted octanol–water partition coefficient (Wildman–Crippen LogP) is 3.58. The van der Waals surface area contributed by atoms with Gasteiger partial charge in [0.05, 0.1) is 11.7 Å². The second-order valence-electron chi connectivity index (χ2n) is 9.98. The third-order valence-electron chi connectivity index (χ3n) is 8.91. The lowest BCUT2D eigenvalue weighted by Crippen LogP contribution is -2.68. The number of hydrogen-bond donors (Lipinski definition) is 2. The van der Waals surface area contributed by atoms with Gasteiger partial charge in [-0.1, -0.05) is 26.3 Å². The van der Waals surface area contributed by atoms with Gasteiger partial charge in [0.2, 0.25) is 0 Å². The quantitative estimate of drug-likeness (QED) is 0.702. The van der Waals surface area contributed by atoms with Crippen LogP contribution in [-0.2, 0) is 4.79 Å². The molecule has 4 rings (SSSR count). The summed E-state index contributed by atoms with van der Waals surface area (Å²) in [5.74, 6) is -0.277. The number of allylic oxidation sites excluding steroid dienone is 1. The number of carbonyl (C=O) groups is 1. The molecule has 4 heteroatoms. The third kappa shape index (κ3) is 1.91. The smallest absolute Gasteiger partial charge is 0.158 e. The molecule has 0 aromatic heterocycles. The SMILES string of the molecule is C[C@H]1C[C@@]2(C)C(=CC1=O)CC[C@H]1[C@@H]3CC[C@@](C)(O)[C@@]3(C)C[C@@H](O)[C@@]12F. The molecule has 3 nitrogen and oxygen atoms in total. The van der Waals surface area contributed by atoms with Crippen molar-refractivity contribution in [2.75, 3.05) is 0 Å². The summed E-state index contributed by atoms with van der Waals surface area (Å²) in [6.07, 6.45) is 4.21. The van der Waals surface area contributed by atoms with E-state index in [9.17, 15) is 15.0 Å². The third-order valence-corrected chi connectivity index (χ3v) is 8.91. The number of halogens is 1. The molecule has 0 aliphatic heterocycles. The van der Waals surface area contributed by atoms with Gasteiger partial charge in [0.15, 0.2) is 5.78 Å². The van der Waals surface area contributed by atoms with Gasteiger partial charge in [-0.25, -0.2) is 4.39 Å². The van der Waals surface area contributed by atoms with E-state index in [0.717, 1.165) is 18.4 Å². The first-order valence-corrected chi connectivity index (χ1v) is 9.81. The van der Waals surface area contributed by atoms with Crippen LogP contribution in [0.15, 0.2) is 11.6 Å². The number of alkyl halides is 1. The van der Waals surface area contributed by atoms with Gasteiger partial charge in [-0.15, -0.1) is 0 Å². The summed E-state index contributed by atoms with van der Waals surface area (Å²) in [5, 5.41) is 22.0. The highest BCUT2D eigenvalue weighted by Gasteiger charge is 2.72. The zero-order valence-electron chi connectivity index (χ0n) is 15.8.